The molecule has 0 aromatic heterocycles. The molecule has 120 valence electrons. The van der Waals surface area contributed by atoms with E-state index in [-0.39, 0.29) is 30.6 Å². The van der Waals surface area contributed by atoms with Crippen molar-refractivity contribution in [3.63, 3.8) is 0 Å². The predicted octanol–water partition coefficient (Wildman–Crippen LogP) is 1.97. The molecule has 3 amide bonds. The molecule has 0 saturated carbocycles. The molecule has 0 unspecified atom stereocenters. The fourth-order valence-electron chi connectivity index (χ4n) is 1.76. The quantitative estimate of drug-likeness (QED) is 0.702. The first kappa shape index (κ1) is 17.7. The predicted molar refractivity (Wildman–Crippen MR) is 85.0 cm³/mol. The van der Waals surface area contributed by atoms with Gasteiger partial charge in [-0.25, -0.2) is 0 Å². The van der Waals surface area contributed by atoms with Crippen molar-refractivity contribution in [1.82, 2.24) is 10.9 Å². The largest absolute Gasteiger partial charge is 0.326 e. The summed E-state index contributed by atoms with van der Waals surface area (Å²) in [6, 6.07) is 5.64. The summed E-state index contributed by atoms with van der Waals surface area (Å²) in [5.74, 6) is -0.867. The SMILES string of the molecule is CCCC(=O)NNC(=O)CCC(=O)Nc1ccc(C)c(C)c1. The van der Waals surface area contributed by atoms with Gasteiger partial charge in [-0.1, -0.05) is 13.0 Å². The van der Waals surface area contributed by atoms with Crippen molar-refractivity contribution in [3.8, 4) is 0 Å². The lowest BCUT2D eigenvalue weighted by Gasteiger charge is -2.08. The minimum atomic E-state index is -0.389. The molecule has 0 radical (unpaired) electrons. The van der Waals surface area contributed by atoms with Gasteiger partial charge in [0.1, 0.15) is 0 Å². The molecule has 0 saturated heterocycles. The third-order valence-electron chi connectivity index (χ3n) is 3.19. The molecule has 1 aromatic rings. The normalized spacial score (nSPS) is 9.95. The Hall–Kier alpha value is -2.37. The standard InChI is InChI=1S/C16H23N3O3/c1-4-5-15(21)18-19-16(22)9-8-14(20)17-13-7-6-11(2)12(3)10-13/h6-7,10H,4-5,8-9H2,1-3H3,(H,17,20)(H,18,21)(H,19,22). The van der Waals surface area contributed by atoms with Crippen LogP contribution in [0.1, 0.15) is 43.7 Å². The second-order valence-electron chi connectivity index (χ2n) is 5.19. The maximum absolute atomic E-state index is 11.8. The minimum absolute atomic E-state index is 0.0169. The van der Waals surface area contributed by atoms with Gasteiger partial charge in [0.15, 0.2) is 0 Å². The number of carbonyl (C=O) groups excluding carboxylic acids is 3. The molecule has 6 heteroatoms. The van der Waals surface area contributed by atoms with Gasteiger partial charge in [-0.2, -0.15) is 0 Å². The summed E-state index contributed by atoms with van der Waals surface area (Å²) in [6.07, 6.45) is 1.14. The Morgan fingerprint density at radius 3 is 2.05 bits per heavy atom. The summed E-state index contributed by atoms with van der Waals surface area (Å²) in [5.41, 5.74) is 7.54. The van der Waals surface area contributed by atoms with E-state index in [0.717, 1.165) is 11.1 Å². The van der Waals surface area contributed by atoms with Crippen LogP contribution >= 0.6 is 0 Å². The highest BCUT2D eigenvalue weighted by atomic mass is 16.2. The molecule has 0 aliphatic rings. The van der Waals surface area contributed by atoms with Crippen LogP contribution in [0, 0.1) is 13.8 Å². The molecular formula is C16H23N3O3. The number of anilines is 1. The number of amides is 3. The lowest BCUT2D eigenvalue weighted by Crippen LogP contribution is -2.41. The molecule has 3 N–H and O–H groups in total. The van der Waals surface area contributed by atoms with Crippen molar-refractivity contribution in [3.05, 3.63) is 29.3 Å². The molecule has 0 heterocycles. The Morgan fingerprint density at radius 1 is 0.864 bits per heavy atom. The summed E-state index contributed by atoms with van der Waals surface area (Å²) in [6.45, 7) is 5.84. The van der Waals surface area contributed by atoms with E-state index in [0.29, 0.717) is 18.5 Å². The van der Waals surface area contributed by atoms with Crippen molar-refractivity contribution < 1.29 is 14.4 Å². The highest BCUT2D eigenvalue weighted by molar-refractivity contribution is 5.93. The Bertz CT molecular complexity index is 556. The van der Waals surface area contributed by atoms with Crippen molar-refractivity contribution >= 4 is 23.4 Å². The van der Waals surface area contributed by atoms with Gasteiger partial charge in [0, 0.05) is 24.9 Å². The molecule has 1 aromatic carbocycles. The second-order valence-corrected chi connectivity index (χ2v) is 5.19. The van der Waals surface area contributed by atoms with Crippen LogP contribution in [0.25, 0.3) is 0 Å². The van der Waals surface area contributed by atoms with Gasteiger partial charge >= 0.3 is 0 Å². The van der Waals surface area contributed by atoms with Gasteiger partial charge in [0.25, 0.3) is 0 Å². The van der Waals surface area contributed by atoms with Gasteiger partial charge in [0.05, 0.1) is 0 Å². The number of carbonyl (C=O) groups is 3. The van der Waals surface area contributed by atoms with Gasteiger partial charge in [-0.05, 0) is 43.5 Å². The van der Waals surface area contributed by atoms with Crippen molar-refractivity contribution in [1.29, 1.82) is 0 Å². The van der Waals surface area contributed by atoms with E-state index in [2.05, 4.69) is 16.2 Å². The van der Waals surface area contributed by atoms with Crippen molar-refractivity contribution in [2.24, 2.45) is 0 Å². The highest BCUT2D eigenvalue weighted by Gasteiger charge is 2.08. The first-order chi connectivity index (χ1) is 10.4. The summed E-state index contributed by atoms with van der Waals surface area (Å²) in [5, 5.41) is 2.74. The fraction of sp³-hybridized carbons (Fsp3) is 0.438. The summed E-state index contributed by atoms with van der Waals surface area (Å²) >= 11 is 0. The first-order valence-electron chi connectivity index (χ1n) is 7.37. The number of rotatable bonds is 6. The summed E-state index contributed by atoms with van der Waals surface area (Å²) in [4.78, 5) is 34.5. The second kappa shape index (κ2) is 8.81. The van der Waals surface area contributed by atoms with Crippen LogP contribution in [0.4, 0.5) is 5.69 Å². The number of aryl methyl sites for hydroxylation is 2. The number of hydrazine groups is 1. The molecule has 0 atom stereocenters. The van der Waals surface area contributed by atoms with Crippen LogP contribution in [0.3, 0.4) is 0 Å². The number of nitrogens with one attached hydrogen (secondary N) is 3. The molecule has 0 aliphatic heterocycles. The Kier molecular flexibility index (Phi) is 7.08. The summed E-state index contributed by atoms with van der Waals surface area (Å²) in [7, 11) is 0. The molecule has 0 aliphatic carbocycles. The Morgan fingerprint density at radius 2 is 1.45 bits per heavy atom. The molecule has 1 rings (SSSR count). The van der Waals surface area contributed by atoms with E-state index in [1.165, 1.54) is 0 Å². The van der Waals surface area contributed by atoms with Gasteiger partial charge in [0.2, 0.25) is 17.7 Å². The maximum atomic E-state index is 11.8. The van der Waals surface area contributed by atoms with E-state index in [9.17, 15) is 14.4 Å². The number of benzene rings is 1. The first-order valence-corrected chi connectivity index (χ1v) is 7.37. The summed E-state index contributed by atoms with van der Waals surface area (Å²) < 4.78 is 0. The number of hydrogen-bond acceptors (Lipinski definition) is 3. The van der Waals surface area contributed by atoms with E-state index in [1.807, 2.05) is 39.0 Å². The smallest absolute Gasteiger partial charge is 0.238 e. The maximum Gasteiger partial charge on any atom is 0.238 e. The van der Waals surface area contributed by atoms with E-state index in [4.69, 9.17) is 0 Å². The van der Waals surface area contributed by atoms with Crippen LogP contribution in [-0.4, -0.2) is 17.7 Å². The van der Waals surface area contributed by atoms with Crippen LogP contribution in [-0.2, 0) is 14.4 Å². The molecule has 22 heavy (non-hydrogen) atoms. The zero-order chi connectivity index (χ0) is 16.5. The van der Waals surface area contributed by atoms with Gasteiger partial charge in [-0.3, -0.25) is 25.2 Å². The average molecular weight is 305 g/mol. The fourth-order valence-corrected chi connectivity index (χ4v) is 1.76. The van der Waals surface area contributed by atoms with Crippen molar-refractivity contribution in [2.45, 2.75) is 46.5 Å². The van der Waals surface area contributed by atoms with Crippen molar-refractivity contribution in [2.75, 3.05) is 5.32 Å². The molecule has 0 spiro atoms. The molecule has 0 bridgehead atoms. The Balaban J connectivity index is 2.31. The van der Waals surface area contributed by atoms with E-state index in [1.54, 1.807) is 0 Å². The van der Waals surface area contributed by atoms with Gasteiger partial charge < -0.3 is 5.32 Å². The third-order valence-corrected chi connectivity index (χ3v) is 3.19. The van der Waals surface area contributed by atoms with E-state index >= 15 is 0 Å². The average Bonchev–Trinajstić information content (AvgIpc) is 2.47. The zero-order valence-electron chi connectivity index (χ0n) is 13.3. The third kappa shape index (κ3) is 6.39. The highest BCUT2D eigenvalue weighted by Crippen LogP contribution is 2.14. The van der Waals surface area contributed by atoms with E-state index < -0.39 is 0 Å². The zero-order valence-corrected chi connectivity index (χ0v) is 13.3. The molecular weight excluding hydrogens is 282 g/mol. The minimum Gasteiger partial charge on any atom is -0.326 e. The van der Waals surface area contributed by atoms with Crippen LogP contribution in [0.2, 0.25) is 0 Å². The topological polar surface area (TPSA) is 87.3 Å². The molecule has 0 fully saturated rings. The number of hydrogen-bond donors (Lipinski definition) is 3. The van der Waals surface area contributed by atoms with Crippen LogP contribution in [0.15, 0.2) is 18.2 Å². The monoisotopic (exact) mass is 305 g/mol. The molecule has 6 nitrogen and oxygen atoms in total. The lowest BCUT2D eigenvalue weighted by atomic mass is 10.1. The van der Waals surface area contributed by atoms with Crippen LogP contribution in [0.5, 0.6) is 0 Å². The van der Waals surface area contributed by atoms with Gasteiger partial charge in [-0.15, -0.1) is 0 Å². The Labute approximate surface area is 130 Å². The lowest BCUT2D eigenvalue weighted by molar-refractivity contribution is -0.129. The van der Waals surface area contributed by atoms with Crippen LogP contribution < -0.4 is 16.2 Å².